The van der Waals surface area contributed by atoms with Crippen LogP contribution < -0.4 is 10.5 Å². The Balaban J connectivity index is 1.94. The van der Waals surface area contributed by atoms with E-state index >= 15 is 0 Å². The Morgan fingerprint density at radius 2 is 2.09 bits per heavy atom. The summed E-state index contributed by atoms with van der Waals surface area (Å²) in [5.41, 5.74) is 7.08. The van der Waals surface area contributed by atoms with Gasteiger partial charge in [-0.15, -0.1) is 0 Å². The summed E-state index contributed by atoms with van der Waals surface area (Å²) < 4.78 is 10.7. The molecule has 0 radical (unpaired) electrons. The first-order valence-corrected chi connectivity index (χ1v) is 9.64. The van der Waals surface area contributed by atoms with Crippen molar-refractivity contribution in [2.45, 2.75) is 12.8 Å². The molecule has 1 heterocycles. The molecule has 32 heavy (non-hydrogen) atoms. The monoisotopic (exact) mass is 431 g/mol. The van der Waals surface area contributed by atoms with Crippen LogP contribution in [0.25, 0.3) is 10.8 Å². The minimum absolute atomic E-state index is 0.00608. The number of hydrogen-bond acceptors (Lipinski definition) is 8. The molecule has 0 bridgehead atoms. The number of allylic oxidation sites excluding steroid dienone is 1. The zero-order chi connectivity index (χ0) is 23.0. The highest BCUT2D eigenvalue weighted by Crippen LogP contribution is 2.46. The van der Waals surface area contributed by atoms with Crippen LogP contribution in [0, 0.1) is 21.4 Å². The number of carbonyl (C=O) groups excluding carboxylic acids is 1. The number of hydrogen-bond donors (Lipinski definition) is 2. The second kappa shape index (κ2) is 7.92. The number of ether oxygens (including phenoxy) is 2. The van der Waals surface area contributed by atoms with Crippen molar-refractivity contribution < 1.29 is 24.3 Å². The number of nitro groups is 1. The van der Waals surface area contributed by atoms with Gasteiger partial charge >= 0.3 is 5.97 Å². The van der Waals surface area contributed by atoms with Gasteiger partial charge in [-0.3, -0.25) is 10.1 Å². The third kappa shape index (κ3) is 3.33. The predicted molar refractivity (Wildman–Crippen MR) is 114 cm³/mol. The van der Waals surface area contributed by atoms with E-state index in [0.29, 0.717) is 27.6 Å². The summed E-state index contributed by atoms with van der Waals surface area (Å²) in [4.78, 5) is 22.9. The number of nitrogens with two attached hydrogens (primary N) is 1. The highest BCUT2D eigenvalue weighted by atomic mass is 16.6. The Morgan fingerprint density at radius 1 is 1.31 bits per heavy atom. The number of phenols is 1. The fraction of sp³-hybridized carbons (Fsp3) is 0.130. The third-order valence-electron chi connectivity index (χ3n) is 5.22. The van der Waals surface area contributed by atoms with Gasteiger partial charge in [0.2, 0.25) is 5.88 Å². The molecule has 1 aliphatic rings. The Morgan fingerprint density at radius 3 is 2.78 bits per heavy atom. The maximum atomic E-state index is 12.1. The number of fused-ring (bicyclic) bond motifs is 3. The molecule has 3 N–H and O–H groups in total. The minimum Gasteiger partial charge on any atom is -0.507 e. The SMILES string of the molecule is CCOC(=O)c1cc2ccc3c(c2cc1O)OC(N)=C(C#N)C3c1cccc([N+](=O)[O-])c1. The predicted octanol–water partition coefficient (Wildman–Crippen LogP) is 3.85. The second-order valence-corrected chi connectivity index (χ2v) is 7.07. The molecular weight excluding hydrogens is 414 g/mol. The van der Waals surface area contributed by atoms with Gasteiger partial charge in [0.1, 0.15) is 28.7 Å². The molecule has 4 rings (SSSR count). The summed E-state index contributed by atoms with van der Waals surface area (Å²) >= 11 is 0. The van der Waals surface area contributed by atoms with Crippen LogP contribution in [0.1, 0.15) is 34.3 Å². The molecule has 1 unspecified atom stereocenters. The van der Waals surface area contributed by atoms with Crippen LogP contribution in [0.4, 0.5) is 5.69 Å². The fourth-order valence-electron chi connectivity index (χ4n) is 3.81. The maximum Gasteiger partial charge on any atom is 0.341 e. The third-order valence-corrected chi connectivity index (χ3v) is 5.22. The number of esters is 1. The topological polar surface area (TPSA) is 149 Å². The van der Waals surface area contributed by atoms with Crippen molar-refractivity contribution in [3.8, 4) is 17.6 Å². The Hall–Kier alpha value is -4.58. The number of aromatic hydroxyl groups is 1. The molecule has 9 nitrogen and oxygen atoms in total. The van der Waals surface area contributed by atoms with E-state index in [9.17, 15) is 25.3 Å². The lowest BCUT2D eigenvalue weighted by atomic mass is 9.82. The van der Waals surface area contributed by atoms with E-state index in [-0.39, 0.29) is 35.1 Å². The number of benzene rings is 3. The van der Waals surface area contributed by atoms with E-state index in [1.807, 2.05) is 6.07 Å². The van der Waals surface area contributed by atoms with E-state index in [2.05, 4.69) is 0 Å². The van der Waals surface area contributed by atoms with E-state index in [4.69, 9.17) is 15.2 Å². The van der Waals surface area contributed by atoms with Gasteiger partial charge in [-0.05, 0) is 30.0 Å². The fourth-order valence-corrected chi connectivity index (χ4v) is 3.81. The van der Waals surface area contributed by atoms with Crippen molar-refractivity contribution in [1.29, 1.82) is 5.26 Å². The quantitative estimate of drug-likeness (QED) is 0.359. The molecule has 0 amide bonds. The van der Waals surface area contributed by atoms with Crippen LogP contribution in [-0.2, 0) is 4.74 Å². The van der Waals surface area contributed by atoms with Crippen LogP contribution >= 0.6 is 0 Å². The molecule has 0 fully saturated rings. The summed E-state index contributed by atoms with van der Waals surface area (Å²) in [6, 6.07) is 14.3. The number of nitriles is 1. The lowest BCUT2D eigenvalue weighted by Gasteiger charge is -2.27. The lowest BCUT2D eigenvalue weighted by molar-refractivity contribution is -0.384. The smallest absolute Gasteiger partial charge is 0.341 e. The molecule has 9 heteroatoms. The highest BCUT2D eigenvalue weighted by molar-refractivity contribution is 6.01. The van der Waals surface area contributed by atoms with Crippen molar-refractivity contribution >= 4 is 22.4 Å². The molecule has 1 aliphatic heterocycles. The summed E-state index contributed by atoms with van der Waals surface area (Å²) in [6.07, 6.45) is 0. The standard InChI is InChI=1S/C23H17N3O6/c1-2-31-23(28)17-9-12-6-7-15-20(13-4-3-5-14(8-13)26(29)30)18(11-24)22(25)32-21(15)16(12)10-19(17)27/h3-10,20,27H,2,25H2,1H3. The Bertz CT molecular complexity index is 1360. The van der Waals surface area contributed by atoms with Crippen LogP contribution in [0.2, 0.25) is 0 Å². The van der Waals surface area contributed by atoms with Crippen molar-refractivity contribution in [3.63, 3.8) is 0 Å². The van der Waals surface area contributed by atoms with Gasteiger partial charge < -0.3 is 20.3 Å². The molecule has 0 aromatic heterocycles. The zero-order valence-electron chi connectivity index (χ0n) is 16.9. The Kier molecular flexibility index (Phi) is 5.12. The first-order chi connectivity index (χ1) is 15.3. The average molecular weight is 431 g/mol. The van der Waals surface area contributed by atoms with Gasteiger partial charge in [0, 0.05) is 23.1 Å². The lowest BCUT2D eigenvalue weighted by Crippen LogP contribution is -2.21. The summed E-state index contributed by atoms with van der Waals surface area (Å²) in [6.45, 7) is 1.82. The maximum absolute atomic E-state index is 12.1. The van der Waals surface area contributed by atoms with Gasteiger partial charge in [0.15, 0.2) is 0 Å². The average Bonchev–Trinajstić information content (AvgIpc) is 2.78. The first kappa shape index (κ1) is 20.7. The van der Waals surface area contributed by atoms with Crippen molar-refractivity contribution in [3.05, 3.63) is 86.8 Å². The summed E-state index contributed by atoms with van der Waals surface area (Å²) in [5.74, 6) is -1.52. The molecular formula is C23H17N3O6. The van der Waals surface area contributed by atoms with Gasteiger partial charge in [0.05, 0.1) is 17.4 Å². The van der Waals surface area contributed by atoms with Crippen molar-refractivity contribution in [2.24, 2.45) is 5.73 Å². The molecule has 3 aromatic rings. The number of nitro benzene ring substituents is 1. The molecule has 3 aromatic carbocycles. The second-order valence-electron chi connectivity index (χ2n) is 7.07. The Labute approximate surface area is 182 Å². The molecule has 0 saturated carbocycles. The first-order valence-electron chi connectivity index (χ1n) is 9.64. The molecule has 1 atom stereocenters. The largest absolute Gasteiger partial charge is 0.507 e. The molecule has 160 valence electrons. The number of phenolic OH excluding ortho intramolecular Hbond substituents is 1. The van der Waals surface area contributed by atoms with Crippen LogP contribution in [-0.4, -0.2) is 22.6 Å². The zero-order valence-corrected chi connectivity index (χ0v) is 16.9. The van der Waals surface area contributed by atoms with Gasteiger partial charge in [-0.2, -0.15) is 5.26 Å². The number of non-ortho nitro benzene ring substituents is 1. The van der Waals surface area contributed by atoms with Crippen molar-refractivity contribution in [1.82, 2.24) is 0 Å². The van der Waals surface area contributed by atoms with E-state index in [1.165, 1.54) is 30.3 Å². The number of carbonyl (C=O) groups is 1. The molecule has 0 aliphatic carbocycles. The molecule has 0 saturated heterocycles. The van der Waals surface area contributed by atoms with Crippen LogP contribution in [0.5, 0.6) is 11.5 Å². The number of rotatable bonds is 4. The summed E-state index contributed by atoms with van der Waals surface area (Å²) in [5, 5.41) is 32.4. The van der Waals surface area contributed by atoms with E-state index < -0.39 is 16.8 Å². The normalized spacial score (nSPS) is 14.9. The van der Waals surface area contributed by atoms with E-state index in [0.717, 1.165) is 0 Å². The van der Waals surface area contributed by atoms with Crippen molar-refractivity contribution in [2.75, 3.05) is 6.61 Å². The van der Waals surface area contributed by atoms with Gasteiger partial charge in [0.25, 0.3) is 5.69 Å². The summed E-state index contributed by atoms with van der Waals surface area (Å²) in [7, 11) is 0. The molecule has 0 spiro atoms. The van der Waals surface area contributed by atoms with Crippen LogP contribution in [0.3, 0.4) is 0 Å². The van der Waals surface area contributed by atoms with Crippen LogP contribution in [0.15, 0.2) is 60.0 Å². The van der Waals surface area contributed by atoms with Gasteiger partial charge in [-0.1, -0.05) is 24.3 Å². The van der Waals surface area contributed by atoms with E-state index in [1.54, 1.807) is 25.1 Å². The van der Waals surface area contributed by atoms with Gasteiger partial charge in [-0.25, -0.2) is 4.79 Å². The minimum atomic E-state index is -0.708. The highest BCUT2D eigenvalue weighted by Gasteiger charge is 2.33. The number of nitrogens with zero attached hydrogens (tertiary/aromatic N) is 2.